The van der Waals surface area contributed by atoms with Crippen LogP contribution in [0.15, 0.2) is 0 Å². The predicted molar refractivity (Wildman–Crippen MR) is 64.3 cm³/mol. The molecule has 1 amide bonds. The standard InChI is InChI=1S/C12H25NO3/c1-8(9(14)11(2,3)4)13-10(15)16-12(5,6)7/h8-9,14H,1-7H3,(H,13,15)/t8?,9-/m0/s1. The maximum atomic E-state index is 11.5. The van der Waals surface area contributed by atoms with E-state index in [0.29, 0.717) is 0 Å². The highest BCUT2D eigenvalue weighted by Gasteiger charge is 2.29. The Bertz CT molecular complexity index is 238. The van der Waals surface area contributed by atoms with E-state index in [1.807, 2.05) is 20.8 Å². The van der Waals surface area contributed by atoms with Gasteiger partial charge in [-0.2, -0.15) is 0 Å². The maximum absolute atomic E-state index is 11.5. The van der Waals surface area contributed by atoms with Crippen molar-refractivity contribution in [3.63, 3.8) is 0 Å². The molecule has 0 rings (SSSR count). The van der Waals surface area contributed by atoms with E-state index in [4.69, 9.17) is 4.74 Å². The monoisotopic (exact) mass is 231 g/mol. The third kappa shape index (κ3) is 5.95. The number of amides is 1. The Balaban J connectivity index is 4.26. The minimum absolute atomic E-state index is 0.269. The second-order valence-electron chi connectivity index (χ2n) is 6.25. The molecule has 0 aliphatic carbocycles. The molecule has 96 valence electrons. The highest BCUT2D eigenvalue weighted by Crippen LogP contribution is 2.21. The molecule has 4 nitrogen and oxygen atoms in total. The molecule has 0 fully saturated rings. The zero-order chi connectivity index (χ0) is 13.1. The van der Waals surface area contributed by atoms with Gasteiger partial charge in [0.05, 0.1) is 12.1 Å². The van der Waals surface area contributed by atoms with Gasteiger partial charge in [0.15, 0.2) is 0 Å². The first kappa shape index (κ1) is 15.2. The third-order valence-electron chi connectivity index (χ3n) is 2.11. The number of hydrogen-bond donors (Lipinski definition) is 2. The SMILES string of the molecule is CC(NC(=O)OC(C)(C)C)[C@H](O)C(C)(C)C. The summed E-state index contributed by atoms with van der Waals surface area (Å²) in [5.74, 6) is 0. The summed E-state index contributed by atoms with van der Waals surface area (Å²) >= 11 is 0. The molecule has 0 aromatic heterocycles. The van der Waals surface area contributed by atoms with E-state index in [1.54, 1.807) is 27.7 Å². The van der Waals surface area contributed by atoms with Crippen molar-refractivity contribution in [3.05, 3.63) is 0 Å². The third-order valence-corrected chi connectivity index (χ3v) is 2.11. The predicted octanol–water partition coefficient (Wildman–Crippen LogP) is 2.31. The summed E-state index contributed by atoms with van der Waals surface area (Å²) in [7, 11) is 0. The number of carbonyl (C=O) groups excluding carboxylic acids is 1. The van der Waals surface area contributed by atoms with Gasteiger partial charge in [-0.25, -0.2) is 4.79 Å². The molecular weight excluding hydrogens is 206 g/mol. The summed E-state index contributed by atoms with van der Waals surface area (Å²) in [6.45, 7) is 12.9. The lowest BCUT2D eigenvalue weighted by atomic mass is 9.85. The van der Waals surface area contributed by atoms with Crippen LogP contribution in [0, 0.1) is 5.41 Å². The molecule has 0 saturated heterocycles. The van der Waals surface area contributed by atoms with Gasteiger partial charge in [0.1, 0.15) is 5.60 Å². The average molecular weight is 231 g/mol. The van der Waals surface area contributed by atoms with Crippen LogP contribution in [0.3, 0.4) is 0 Å². The zero-order valence-electron chi connectivity index (χ0n) is 11.4. The first-order chi connectivity index (χ1) is 6.93. The topological polar surface area (TPSA) is 58.6 Å². The summed E-state index contributed by atoms with van der Waals surface area (Å²) in [5.41, 5.74) is -0.787. The quantitative estimate of drug-likeness (QED) is 0.766. The molecule has 0 aliphatic rings. The fraction of sp³-hybridized carbons (Fsp3) is 0.917. The van der Waals surface area contributed by atoms with E-state index in [1.165, 1.54) is 0 Å². The van der Waals surface area contributed by atoms with Crippen LogP contribution in [0.2, 0.25) is 0 Å². The van der Waals surface area contributed by atoms with Crippen LogP contribution in [0.25, 0.3) is 0 Å². The highest BCUT2D eigenvalue weighted by molar-refractivity contribution is 5.68. The molecule has 16 heavy (non-hydrogen) atoms. The number of rotatable bonds is 2. The lowest BCUT2D eigenvalue weighted by Gasteiger charge is -2.31. The van der Waals surface area contributed by atoms with Crippen molar-refractivity contribution >= 4 is 6.09 Å². The molecule has 0 aromatic rings. The van der Waals surface area contributed by atoms with Gasteiger partial charge in [0.25, 0.3) is 0 Å². The molecule has 0 bridgehead atoms. The summed E-state index contributed by atoms with van der Waals surface area (Å²) in [5, 5.41) is 12.6. The molecule has 0 heterocycles. The van der Waals surface area contributed by atoms with Crippen LogP contribution >= 0.6 is 0 Å². The summed E-state index contributed by atoms with van der Waals surface area (Å²) in [4.78, 5) is 11.5. The van der Waals surface area contributed by atoms with E-state index in [9.17, 15) is 9.90 Å². The van der Waals surface area contributed by atoms with Crippen LogP contribution < -0.4 is 5.32 Å². The molecule has 0 radical (unpaired) electrons. The Morgan fingerprint density at radius 2 is 1.62 bits per heavy atom. The Labute approximate surface area is 98.4 Å². The Hall–Kier alpha value is -0.770. The van der Waals surface area contributed by atoms with E-state index >= 15 is 0 Å². The van der Waals surface area contributed by atoms with Gasteiger partial charge < -0.3 is 15.2 Å². The first-order valence-electron chi connectivity index (χ1n) is 5.61. The minimum Gasteiger partial charge on any atom is -0.444 e. The van der Waals surface area contributed by atoms with Gasteiger partial charge in [-0.05, 0) is 33.1 Å². The van der Waals surface area contributed by atoms with Crippen molar-refractivity contribution < 1.29 is 14.6 Å². The van der Waals surface area contributed by atoms with Crippen LogP contribution in [-0.2, 0) is 4.74 Å². The number of hydrogen-bond acceptors (Lipinski definition) is 3. The van der Waals surface area contributed by atoms with Crippen molar-refractivity contribution in [2.24, 2.45) is 5.41 Å². The zero-order valence-corrected chi connectivity index (χ0v) is 11.4. The summed E-state index contributed by atoms with van der Waals surface area (Å²) in [6.07, 6.45) is -1.11. The Morgan fingerprint density at radius 1 is 1.19 bits per heavy atom. The molecular formula is C12H25NO3. The van der Waals surface area contributed by atoms with Crippen molar-refractivity contribution in [3.8, 4) is 0 Å². The van der Waals surface area contributed by atoms with Gasteiger partial charge in [-0.15, -0.1) is 0 Å². The molecule has 0 spiro atoms. The van der Waals surface area contributed by atoms with Crippen LogP contribution in [0.4, 0.5) is 4.79 Å². The number of alkyl carbamates (subject to hydrolysis) is 1. The smallest absolute Gasteiger partial charge is 0.407 e. The minimum atomic E-state index is -0.611. The maximum Gasteiger partial charge on any atom is 0.407 e. The molecule has 1 unspecified atom stereocenters. The van der Waals surface area contributed by atoms with Crippen molar-refractivity contribution in [2.45, 2.75) is 66.2 Å². The Kier molecular flexibility index (Phi) is 4.80. The normalized spacial score (nSPS) is 16.5. The van der Waals surface area contributed by atoms with E-state index in [2.05, 4.69) is 5.32 Å². The van der Waals surface area contributed by atoms with E-state index < -0.39 is 17.8 Å². The second kappa shape index (κ2) is 5.04. The number of carbonyl (C=O) groups is 1. The van der Waals surface area contributed by atoms with Crippen LogP contribution in [0.5, 0.6) is 0 Å². The molecule has 2 N–H and O–H groups in total. The number of aliphatic hydroxyl groups is 1. The number of nitrogens with one attached hydrogen (secondary N) is 1. The molecule has 2 atom stereocenters. The van der Waals surface area contributed by atoms with Crippen molar-refractivity contribution in [2.75, 3.05) is 0 Å². The van der Waals surface area contributed by atoms with Gasteiger partial charge >= 0.3 is 6.09 Å². The summed E-state index contributed by atoms with van der Waals surface area (Å²) in [6, 6.07) is -0.338. The fourth-order valence-electron chi connectivity index (χ4n) is 1.32. The van der Waals surface area contributed by atoms with Crippen LogP contribution in [0.1, 0.15) is 48.5 Å². The molecule has 4 heteroatoms. The second-order valence-corrected chi connectivity index (χ2v) is 6.25. The van der Waals surface area contributed by atoms with E-state index in [0.717, 1.165) is 0 Å². The van der Waals surface area contributed by atoms with Gasteiger partial charge in [-0.1, -0.05) is 20.8 Å². The molecule has 0 saturated carbocycles. The number of aliphatic hydroxyl groups excluding tert-OH is 1. The van der Waals surface area contributed by atoms with Crippen molar-refractivity contribution in [1.29, 1.82) is 0 Å². The fourth-order valence-corrected chi connectivity index (χ4v) is 1.32. The average Bonchev–Trinajstić information content (AvgIpc) is 1.96. The first-order valence-corrected chi connectivity index (χ1v) is 5.61. The molecule has 0 aromatic carbocycles. The largest absolute Gasteiger partial charge is 0.444 e. The lowest BCUT2D eigenvalue weighted by Crippen LogP contribution is -2.48. The van der Waals surface area contributed by atoms with E-state index in [-0.39, 0.29) is 11.5 Å². The van der Waals surface area contributed by atoms with Gasteiger partial charge in [0.2, 0.25) is 0 Å². The van der Waals surface area contributed by atoms with Crippen LogP contribution in [-0.4, -0.2) is 28.9 Å². The highest BCUT2D eigenvalue weighted by atomic mass is 16.6. The Morgan fingerprint density at radius 3 is 1.94 bits per heavy atom. The lowest BCUT2D eigenvalue weighted by molar-refractivity contribution is 0.0182. The van der Waals surface area contributed by atoms with Gasteiger partial charge in [-0.3, -0.25) is 0 Å². The summed E-state index contributed by atoms with van der Waals surface area (Å²) < 4.78 is 5.11. The molecule has 0 aliphatic heterocycles. The van der Waals surface area contributed by atoms with Gasteiger partial charge in [0, 0.05) is 0 Å². The van der Waals surface area contributed by atoms with Crippen molar-refractivity contribution in [1.82, 2.24) is 5.32 Å². The number of ether oxygens (including phenoxy) is 1.